The summed E-state index contributed by atoms with van der Waals surface area (Å²) in [5.41, 5.74) is 3.05. The van der Waals surface area contributed by atoms with Crippen LogP contribution in [0.3, 0.4) is 0 Å². The Hall–Kier alpha value is -2.27. The van der Waals surface area contributed by atoms with Crippen molar-refractivity contribution in [2.45, 2.75) is 12.8 Å². The Morgan fingerprint density at radius 1 is 1.00 bits per heavy atom. The molecule has 1 aromatic heterocycles. The second-order valence-electron chi connectivity index (χ2n) is 7.11. The van der Waals surface area contributed by atoms with E-state index in [0.29, 0.717) is 44.4 Å². The molecule has 4 nitrogen and oxygen atoms in total. The maximum Gasteiger partial charge on any atom is 0.343 e. The van der Waals surface area contributed by atoms with Crippen LogP contribution in [0, 0.1) is 5.92 Å². The highest BCUT2D eigenvalue weighted by molar-refractivity contribution is 6.36. The van der Waals surface area contributed by atoms with Gasteiger partial charge in [-0.1, -0.05) is 46.9 Å². The number of esters is 1. The monoisotopic (exact) mass is 461 g/mol. The summed E-state index contributed by atoms with van der Waals surface area (Å²) < 4.78 is 10.9. The van der Waals surface area contributed by atoms with Crippen LogP contribution in [0.15, 0.2) is 48.5 Å². The molecule has 1 aliphatic carbocycles. The Labute approximate surface area is 189 Å². The van der Waals surface area contributed by atoms with Crippen LogP contribution < -0.4 is 4.74 Å². The van der Waals surface area contributed by atoms with Gasteiger partial charge in [0.1, 0.15) is 5.56 Å². The Morgan fingerprint density at radius 3 is 2.33 bits per heavy atom. The van der Waals surface area contributed by atoms with E-state index >= 15 is 0 Å². The van der Waals surface area contributed by atoms with Gasteiger partial charge in [-0.2, -0.15) is 0 Å². The lowest BCUT2D eigenvalue weighted by atomic mass is 9.97. The van der Waals surface area contributed by atoms with Crippen LogP contribution in [-0.4, -0.2) is 24.7 Å². The van der Waals surface area contributed by atoms with Crippen LogP contribution in [0.25, 0.3) is 22.4 Å². The first-order valence-electron chi connectivity index (χ1n) is 9.43. The van der Waals surface area contributed by atoms with Crippen molar-refractivity contribution in [1.82, 2.24) is 4.98 Å². The molecule has 0 spiro atoms. The number of benzene rings is 2. The third-order valence-electron chi connectivity index (χ3n) is 4.89. The summed E-state index contributed by atoms with van der Waals surface area (Å²) in [6.07, 6.45) is 2.23. The third kappa shape index (κ3) is 4.56. The molecule has 7 heteroatoms. The number of hydrogen-bond donors (Lipinski definition) is 0. The summed E-state index contributed by atoms with van der Waals surface area (Å²) in [5.74, 6) is 0.209. The van der Waals surface area contributed by atoms with Gasteiger partial charge >= 0.3 is 5.97 Å². The summed E-state index contributed by atoms with van der Waals surface area (Å²) >= 11 is 18.6. The van der Waals surface area contributed by atoms with Crippen LogP contribution in [0.4, 0.5) is 0 Å². The fourth-order valence-electron chi connectivity index (χ4n) is 3.08. The zero-order chi connectivity index (χ0) is 21.3. The average molecular weight is 463 g/mol. The summed E-state index contributed by atoms with van der Waals surface area (Å²) in [7, 11) is 1.33. The zero-order valence-electron chi connectivity index (χ0n) is 16.1. The smallest absolute Gasteiger partial charge is 0.343 e. The molecule has 4 rings (SSSR count). The van der Waals surface area contributed by atoms with Crippen LogP contribution in [0.5, 0.6) is 5.88 Å². The molecule has 0 bridgehead atoms. The van der Waals surface area contributed by atoms with Gasteiger partial charge in [-0.3, -0.25) is 0 Å². The normalized spacial score (nSPS) is 13.2. The molecule has 1 aliphatic rings. The maximum absolute atomic E-state index is 12.5. The first-order chi connectivity index (χ1) is 14.5. The van der Waals surface area contributed by atoms with Gasteiger partial charge in [-0.05, 0) is 60.7 Å². The van der Waals surface area contributed by atoms with E-state index in [0.717, 1.165) is 18.4 Å². The zero-order valence-corrected chi connectivity index (χ0v) is 18.4. The molecule has 0 amide bonds. The first-order valence-corrected chi connectivity index (χ1v) is 10.6. The molecule has 2 aromatic carbocycles. The van der Waals surface area contributed by atoms with E-state index in [1.54, 1.807) is 36.4 Å². The van der Waals surface area contributed by atoms with Gasteiger partial charge in [-0.25, -0.2) is 9.78 Å². The minimum absolute atomic E-state index is 0.229. The Bertz CT molecular complexity index is 1100. The van der Waals surface area contributed by atoms with Crippen LogP contribution >= 0.6 is 34.8 Å². The molecule has 154 valence electrons. The van der Waals surface area contributed by atoms with Crippen LogP contribution in [-0.2, 0) is 4.74 Å². The highest BCUT2D eigenvalue weighted by Gasteiger charge is 2.26. The molecule has 0 unspecified atom stereocenters. The minimum atomic E-state index is -0.516. The topological polar surface area (TPSA) is 48.4 Å². The number of ether oxygens (including phenoxy) is 2. The van der Waals surface area contributed by atoms with Crippen molar-refractivity contribution in [3.8, 4) is 28.3 Å². The number of aromatic nitrogens is 1. The van der Waals surface area contributed by atoms with Crippen molar-refractivity contribution in [2.75, 3.05) is 13.7 Å². The molecular formula is C23H18Cl3NO3. The van der Waals surface area contributed by atoms with Gasteiger partial charge in [0.05, 0.1) is 24.4 Å². The quantitative estimate of drug-likeness (QED) is 0.372. The predicted octanol–water partition coefficient (Wildman–Crippen LogP) is 6.95. The molecule has 0 N–H and O–H groups in total. The molecule has 3 aromatic rings. The largest absolute Gasteiger partial charge is 0.477 e. The van der Waals surface area contributed by atoms with E-state index < -0.39 is 5.97 Å². The number of carbonyl (C=O) groups is 1. The second kappa shape index (κ2) is 8.84. The maximum atomic E-state index is 12.5. The van der Waals surface area contributed by atoms with Crippen molar-refractivity contribution in [1.29, 1.82) is 0 Å². The average Bonchev–Trinajstić information content (AvgIpc) is 3.56. The molecule has 0 saturated heterocycles. The lowest BCUT2D eigenvalue weighted by molar-refractivity contribution is 0.0594. The number of nitrogens with zero attached hydrogens (tertiary/aromatic N) is 1. The van der Waals surface area contributed by atoms with Crippen LogP contribution in [0.1, 0.15) is 23.2 Å². The lowest BCUT2D eigenvalue weighted by Crippen LogP contribution is -2.10. The molecule has 1 saturated carbocycles. The first kappa shape index (κ1) is 21.0. The summed E-state index contributed by atoms with van der Waals surface area (Å²) in [6, 6.07) is 14.2. The van der Waals surface area contributed by atoms with Crippen LogP contribution in [0.2, 0.25) is 15.1 Å². The number of hydrogen-bond acceptors (Lipinski definition) is 4. The molecule has 1 fully saturated rings. The SMILES string of the molecule is COC(=O)c1cc(-c2ccc(Cl)cc2)c(-c2ccc(Cl)cc2Cl)nc1OCC1CC1. The van der Waals surface area contributed by atoms with Gasteiger partial charge in [0.25, 0.3) is 0 Å². The fourth-order valence-corrected chi connectivity index (χ4v) is 3.70. The van der Waals surface area contributed by atoms with Gasteiger partial charge in [0, 0.05) is 21.2 Å². The van der Waals surface area contributed by atoms with Gasteiger partial charge in [0.15, 0.2) is 0 Å². The highest BCUT2D eigenvalue weighted by atomic mass is 35.5. The van der Waals surface area contributed by atoms with E-state index in [1.165, 1.54) is 7.11 Å². The van der Waals surface area contributed by atoms with E-state index in [2.05, 4.69) is 0 Å². The van der Waals surface area contributed by atoms with Crippen molar-refractivity contribution >= 4 is 40.8 Å². The summed E-state index contributed by atoms with van der Waals surface area (Å²) in [5, 5.41) is 1.58. The van der Waals surface area contributed by atoms with E-state index in [4.69, 9.17) is 49.3 Å². The molecule has 30 heavy (non-hydrogen) atoms. The summed E-state index contributed by atoms with van der Waals surface area (Å²) in [6.45, 7) is 0.505. The van der Waals surface area contributed by atoms with E-state index in [1.807, 2.05) is 12.1 Å². The number of pyridine rings is 1. The van der Waals surface area contributed by atoms with E-state index in [-0.39, 0.29) is 11.4 Å². The number of carbonyl (C=O) groups excluding carboxylic acids is 1. The van der Waals surface area contributed by atoms with Crippen molar-refractivity contribution < 1.29 is 14.3 Å². The molecule has 1 heterocycles. The summed E-state index contributed by atoms with van der Waals surface area (Å²) in [4.78, 5) is 17.2. The van der Waals surface area contributed by atoms with Crippen molar-refractivity contribution in [3.05, 3.63) is 69.2 Å². The number of methoxy groups -OCH3 is 1. The molecule has 0 atom stereocenters. The van der Waals surface area contributed by atoms with Gasteiger partial charge in [-0.15, -0.1) is 0 Å². The third-order valence-corrected chi connectivity index (χ3v) is 5.69. The van der Waals surface area contributed by atoms with Gasteiger partial charge < -0.3 is 9.47 Å². The Balaban J connectivity index is 1.92. The lowest BCUT2D eigenvalue weighted by Gasteiger charge is -2.16. The molecular weight excluding hydrogens is 445 g/mol. The number of rotatable bonds is 6. The highest BCUT2D eigenvalue weighted by Crippen LogP contribution is 2.39. The molecule has 0 radical (unpaired) electrons. The minimum Gasteiger partial charge on any atom is -0.477 e. The molecule has 0 aliphatic heterocycles. The Morgan fingerprint density at radius 2 is 1.70 bits per heavy atom. The fraction of sp³-hybridized carbons (Fsp3) is 0.217. The van der Waals surface area contributed by atoms with Gasteiger partial charge in [0.2, 0.25) is 5.88 Å². The Kier molecular flexibility index (Phi) is 6.19. The van der Waals surface area contributed by atoms with Crippen molar-refractivity contribution in [2.24, 2.45) is 5.92 Å². The second-order valence-corrected chi connectivity index (χ2v) is 8.39. The van der Waals surface area contributed by atoms with E-state index in [9.17, 15) is 4.79 Å². The number of halogens is 3. The predicted molar refractivity (Wildman–Crippen MR) is 120 cm³/mol. The van der Waals surface area contributed by atoms with Crippen molar-refractivity contribution in [3.63, 3.8) is 0 Å². The standard InChI is InChI=1S/C23H18Cl3NO3/c1-29-23(28)19-11-18(14-4-6-15(24)7-5-14)21(17-9-8-16(25)10-20(17)26)27-22(19)30-12-13-2-3-13/h4-11,13H,2-3,12H2,1H3.